The molecule has 0 bridgehead atoms. The molecule has 2 N–H and O–H groups in total. The average Bonchev–Trinajstić information content (AvgIpc) is 2.38. The largest absolute Gasteiger partial charge is 0.389 e. The molecule has 1 aliphatic carbocycles. The van der Waals surface area contributed by atoms with Crippen molar-refractivity contribution in [2.24, 2.45) is 5.92 Å². The van der Waals surface area contributed by atoms with Crippen molar-refractivity contribution in [3.63, 3.8) is 0 Å². The van der Waals surface area contributed by atoms with E-state index in [2.05, 4.69) is 11.6 Å². The summed E-state index contributed by atoms with van der Waals surface area (Å²) in [5.74, 6) is 0.471. The number of piperidine rings is 1. The van der Waals surface area contributed by atoms with Crippen LogP contribution in [0.2, 0.25) is 0 Å². The van der Waals surface area contributed by atoms with E-state index in [9.17, 15) is 13.5 Å². The second-order valence-corrected chi connectivity index (χ2v) is 7.97. The van der Waals surface area contributed by atoms with Gasteiger partial charge in [-0.2, -0.15) is 17.4 Å². The zero-order chi connectivity index (χ0) is 13.9. The van der Waals surface area contributed by atoms with Gasteiger partial charge in [-0.25, -0.2) is 0 Å². The van der Waals surface area contributed by atoms with Gasteiger partial charge in [0.2, 0.25) is 0 Å². The summed E-state index contributed by atoms with van der Waals surface area (Å²) in [6.07, 6.45) is 6.46. The molecule has 0 aromatic carbocycles. The number of aliphatic hydroxyl groups is 1. The molecule has 0 amide bonds. The lowest BCUT2D eigenvalue weighted by molar-refractivity contribution is -0.00782. The quantitative estimate of drug-likeness (QED) is 0.818. The molecular weight excluding hydrogens is 264 g/mol. The van der Waals surface area contributed by atoms with Crippen molar-refractivity contribution in [3.05, 3.63) is 0 Å². The summed E-state index contributed by atoms with van der Waals surface area (Å²) in [5, 5.41) is 10.5. The maximum atomic E-state index is 12.2. The Morgan fingerprint density at radius 1 is 1.26 bits per heavy atom. The van der Waals surface area contributed by atoms with Crippen LogP contribution >= 0.6 is 0 Å². The topological polar surface area (TPSA) is 69.6 Å². The molecule has 2 rings (SSSR count). The third-order valence-electron chi connectivity index (χ3n) is 4.31. The third kappa shape index (κ3) is 4.15. The molecule has 0 spiro atoms. The molecule has 0 aromatic heterocycles. The van der Waals surface area contributed by atoms with E-state index in [-0.39, 0.29) is 6.54 Å². The predicted molar refractivity (Wildman–Crippen MR) is 74.9 cm³/mol. The number of hydrogen-bond acceptors (Lipinski definition) is 3. The highest BCUT2D eigenvalue weighted by Gasteiger charge is 2.34. The Morgan fingerprint density at radius 2 is 1.95 bits per heavy atom. The van der Waals surface area contributed by atoms with Crippen molar-refractivity contribution >= 4 is 10.2 Å². The van der Waals surface area contributed by atoms with Gasteiger partial charge < -0.3 is 5.11 Å². The van der Waals surface area contributed by atoms with Crippen LogP contribution in [-0.4, -0.2) is 43.1 Å². The van der Waals surface area contributed by atoms with E-state index >= 15 is 0 Å². The lowest BCUT2D eigenvalue weighted by atomic mass is 9.79. The molecule has 1 heterocycles. The van der Waals surface area contributed by atoms with E-state index in [1.54, 1.807) is 0 Å². The fourth-order valence-electron chi connectivity index (χ4n) is 3.21. The van der Waals surface area contributed by atoms with Crippen LogP contribution in [0.4, 0.5) is 0 Å². The van der Waals surface area contributed by atoms with Crippen LogP contribution in [0, 0.1) is 5.92 Å². The van der Waals surface area contributed by atoms with Crippen molar-refractivity contribution in [3.8, 4) is 0 Å². The lowest BCUT2D eigenvalue weighted by Crippen LogP contribution is -2.50. The molecule has 2 fully saturated rings. The summed E-state index contributed by atoms with van der Waals surface area (Å²) in [6, 6.07) is 0. The summed E-state index contributed by atoms with van der Waals surface area (Å²) >= 11 is 0. The number of hydrogen-bond donors (Lipinski definition) is 2. The summed E-state index contributed by atoms with van der Waals surface area (Å²) < 4.78 is 28.4. The minimum Gasteiger partial charge on any atom is -0.389 e. The van der Waals surface area contributed by atoms with Gasteiger partial charge in [0.05, 0.1) is 5.60 Å². The van der Waals surface area contributed by atoms with Crippen LogP contribution in [0.5, 0.6) is 0 Å². The Kier molecular flexibility index (Phi) is 4.87. The molecule has 1 saturated heterocycles. The smallest absolute Gasteiger partial charge is 0.279 e. The first kappa shape index (κ1) is 15.2. The highest BCUT2D eigenvalue weighted by Crippen LogP contribution is 2.31. The van der Waals surface area contributed by atoms with Crippen molar-refractivity contribution in [2.45, 2.75) is 57.5 Å². The first-order valence-electron chi connectivity index (χ1n) is 7.38. The van der Waals surface area contributed by atoms with Gasteiger partial charge in [0.15, 0.2) is 0 Å². The molecule has 2 atom stereocenters. The highest BCUT2D eigenvalue weighted by atomic mass is 32.2. The van der Waals surface area contributed by atoms with Crippen LogP contribution < -0.4 is 4.72 Å². The normalized spacial score (nSPS) is 34.3. The second-order valence-electron chi connectivity index (χ2n) is 6.21. The maximum absolute atomic E-state index is 12.2. The number of nitrogens with one attached hydrogen (secondary N) is 1. The second kappa shape index (κ2) is 6.08. The fourth-order valence-corrected chi connectivity index (χ4v) is 4.59. The highest BCUT2D eigenvalue weighted by molar-refractivity contribution is 7.87. The monoisotopic (exact) mass is 290 g/mol. The standard InChI is InChI=1S/C13H26N2O3S/c1-12-6-5-7-13(16,10-12)11-14-19(17,18)15-8-3-2-4-9-15/h12,14,16H,2-11H2,1H3. The maximum Gasteiger partial charge on any atom is 0.279 e. The molecule has 1 aliphatic heterocycles. The zero-order valence-corrected chi connectivity index (χ0v) is 12.6. The number of rotatable bonds is 4. The Balaban J connectivity index is 1.89. The molecule has 0 radical (unpaired) electrons. The molecule has 0 aromatic rings. The van der Waals surface area contributed by atoms with Crippen molar-refractivity contribution < 1.29 is 13.5 Å². The van der Waals surface area contributed by atoms with Crippen molar-refractivity contribution in [2.75, 3.05) is 19.6 Å². The van der Waals surface area contributed by atoms with Crippen LogP contribution in [0.1, 0.15) is 51.9 Å². The fraction of sp³-hybridized carbons (Fsp3) is 1.00. The van der Waals surface area contributed by atoms with Gasteiger partial charge in [-0.3, -0.25) is 0 Å². The average molecular weight is 290 g/mol. The molecule has 1 saturated carbocycles. The first-order chi connectivity index (χ1) is 8.91. The summed E-state index contributed by atoms with van der Waals surface area (Å²) in [7, 11) is -3.41. The molecule has 5 nitrogen and oxygen atoms in total. The van der Waals surface area contributed by atoms with Crippen molar-refractivity contribution in [1.82, 2.24) is 9.03 Å². The summed E-state index contributed by atoms with van der Waals surface area (Å²) in [5.41, 5.74) is -0.861. The van der Waals surface area contributed by atoms with Gasteiger partial charge in [0.1, 0.15) is 0 Å². The molecule has 19 heavy (non-hydrogen) atoms. The van der Waals surface area contributed by atoms with E-state index in [0.717, 1.165) is 32.1 Å². The minimum absolute atomic E-state index is 0.149. The molecular formula is C13H26N2O3S. The van der Waals surface area contributed by atoms with Crippen LogP contribution in [-0.2, 0) is 10.2 Å². The summed E-state index contributed by atoms with van der Waals surface area (Å²) in [6.45, 7) is 3.47. The van der Waals surface area contributed by atoms with Gasteiger partial charge in [-0.05, 0) is 31.6 Å². The van der Waals surface area contributed by atoms with Gasteiger partial charge >= 0.3 is 0 Å². The van der Waals surface area contributed by atoms with Crippen molar-refractivity contribution in [1.29, 1.82) is 0 Å². The van der Waals surface area contributed by atoms with Gasteiger partial charge in [0, 0.05) is 19.6 Å². The Hall–Kier alpha value is -0.170. The molecule has 2 aliphatic rings. The molecule has 2 unspecified atom stereocenters. The lowest BCUT2D eigenvalue weighted by Gasteiger charge is -2.36. The van der Waals surface area contributed by atoms with Crippen LogP contribution in [0.3, 0.4) is 0 Å². The Morgan fingerprint density at radius 3 is 2.58 bits per heavy atom. The SMILES string of the molecule is CC1CCCC(O)(CNS(=O)(=O)N2CCCCC2)C1. The van der Waals surface area contributed by atoms with Gasteiger partial charge in [-0.15, -0.1) is 0 Å². The van der Waals surface area contributed by atoms with Gasteiger partial charge in [-0.1, -0.05) is 26.2 Å². The Labute approximate surface area is 116 Å². The third-order valence-corrected chi connectivity index (χ3v) is 5.86. The Bertz CT molecular complexity index is 393. The van der Waals surface area contributed by atoms with E-state index < -0.39 is 15.8 Å². The van der Waals surface area contributed by atoms with E-state index in [4.69, 9.17) is 0 Å². The summed E-state index contributed by atoms with van der Waals surface area (Å²) in [4.78, 5) is 0. The first-order valence-corrected chi connectivity index (χ1v) is 8.82. The molecule has 112 valence electrons. The molecule has 6 heteroatoms. The van der Waals surface area contributed by atoms with E-state index in [1.165, 1.54) is 4.31 Å². The van der Waals surface area contributed by atoms with Crippen LogP contribution in [0.15, 0.2) is 0 Å². The predicted octanol–water partition coefficient (Wildman–Crippen LogP) is 1.25. The number of nitrogens with zero attached hydrogens (tertiary/aromatic N) is 1. The van der Waals surface area contributed by atoms with Crippen LogP contribution in [0.25, 0.3) is 0 Å². The minimum atomic E-state index is -3.41. The van der Waals surface area contributed by atoms with E-state index in [0.29, 0.717) is 31.8 Å². The zero-order valence-electron chi connectivity index (χ0n) is 11.8. The van der Waals surface area contributed by atoms with Gasteiger partial charge in [0.25, 0.3) is 10.2 Å². The van der Waals surface area contributed by atoms with E-state index in [1.807, 2.05) is 0 Å².